The average molecular weight is 347 g/mol. The monoisotopic (exact) mass is 346 g/mol. The summed E-state index contributed by atoms with van der Waals surface area (Å²) < 4.78 is 8.90. The van der Waals surface area contributed by atoms with Crippen LogP contribution in [0.25, 0.3) is 0 Å². The van der Waals surface area contributed by atoms with E-state index in [1.165, 1.54) is 50.2 Å². The second kappa shape index (κ2) is 11.0. The maximum absolute atomic E-state index is 6.00. The van der Waals surface area contributed by atoms with Crippen LogP contribution in [-0.2, 0) is 4.43 Å². The van der Waals surface area contributed by atoms with Gasteiger partial charge in [-0.1, -0.05) is 20.8 Å². The van der Waals surface area contributed by atoms with E-state index in [4.69, 9.17) is 4.43 Å². The Balaban J connectivity index is 4.72. The number of likely N-dealkylation sites (N-methyl/N-ethyl adjacent to an activating group) is 1. The molecule has 0 amide bonds. The lowest BCUT2D eigenvalue weighted by atomic mass is 10.4. The Morgan fingerprint density at radius 2 is 1.36 bits per heavy atom. The Morgan fingerprint density at radius 3 is 1.77 bits per heavy atom. The molecule has 0 fully saturated rings. The van der Waals surface area contributed by atoms with Gasteiger partial charge < -0.3 is 13.9 Å². The fraction of sp³-hybridized carbons (Fsp3) is 1.00. The van der Waals surface area contributed by atoms with Gasteiger partial charge in [0.25, 0.3) is 0 Å². The normalized spacial score (nSPS) is 13.4. The Morgan fingerprint density at radius 1 is 0.818 bits per heavy atom. The van der Waals surface area contributed by atoms with Crippen LogP contribution in [0.15, 0.2) is 0 Å². The van der Waals surface area contributed by atoms with Crippen LogP contribution in [0.2, 0.25) is 37.3 Å². The van der Waals surface area contributed by atoms with Crippen LogP contribution < -0.4 is 0 Å². The minimum Gasteiger partial charge on any atom is -0.418 e. The molecule has 22 heavy (non-hydrogen) atoms. The van der Waals surface area contributed by atoms with E-state index in [0.717, 1.165) is 6.61 Å². The highest BCUT2D eigenvalue weighted by molar-refractivity contribution is 6.77. The lowest BCUT2D eigenvalue weighted by Gasteiger charge is -2.42. The molecular formula is C17H42N2OSi2. The van der Waals surface area contributed by atoms with Crippen LogP contribution in [0.3, 0.4) is 0 Å². The van der Waals surface area contributed by atoms with Crippen LogP contribution in [-0.4, -0.2) is 66.4 Å². The first kappa shape index (κ1) is 22.3. The zero-order valence-corrected chi connectivity index (χ0v) is 18.7. The van der Waals surface area contributed by atoms with E-state index in [-0.39, 0.29) is 0 Å². The molecule has 0 aromatic rings. The topological polar surface area (TPSA) is 15.7 Å². The molecule has 0 radical (unpaired) electrons. The summed E-state index contributed by atoms with van der Waals surface area (Å²) >= 11 is 0. The highest BCUT2D eigenvalue weighted by atomic mass is 28.4. The summed E-state index contributed by atoms with van der Waals surface area (Å²) in [5.74, 6) is 0. The minimum absolute atomic E-state index is 0.876. The van der Waals surface area contributed by atoms with Crippen molar-refractivity contribution in [3.05, 3.63) is 0 Å². The van der Waals surface area contributed by atoms with E-state index in [2.05, 4.69) is 64.3 Å². The fourth-order valence-corrected chi connectivity index (χ4v) is 9.47. The van der Waals surface area contributed by atoms with E-state index in [1.807, 2.05) is 0 Å². The molecule has 0 N–H and O–H groups in total. The Hall–Kier alpha value is 0.314. The van der Waals surface area contributed by atoms with E-state index >= 15 is 0 Å². The highest BCUT2D eigenvalue weighted by Crippen LogP contribution is 2.26. The van der Waals surface area contributed by atoms with E-state index < -0.39 is 16.6 Å². The molecule has 0 aliphatic carbocycles. The highest BCUT2D eigenvalue weighted by Gasteiger charge is 2.34. The van der Waals surface area contributed by atoms with Gasteiger partial charge in [0.1, 0.15) is 8.24 Å². The van der Waals surface area contributed by atoms with Gasteiger partial charge in [0.05, 0.1) is 0 Å². The molecule has 0 bridgehead atoms. The Bertz CT molecular complexity index is 274. The van der Waals surface area contributed by atoms with Crippen molar-refractivity contribution in [1.82, 2.24) is 9.47 Å². The van der Waals surface area contributed by atoms with E-state index in [0.29, 0.717) is 0 Å². The summed E-state index contributed by atoms with van der Waals surface area (Å²) in [5, 5.41) is 0. The summed E-state index contributed by atoms with van der Waals surface area (Å²) in [6.45, 7) is 18.7. The predicted octanol–water partition coefficient (Wildman–Crippen LogP) is 4.49. The standard InChI is InChI=1S/C17H42N2OSi2/c1-9-20-21(7,8)17-13-14-19(16-15-18(5)6)22(10-2,11-3)12-4/h9-17H2,1-8H3. The molecule has 0 aliphatic heterocycles. The summed E-state index contributed by atoms with van der Waals surface area (Å²) in [6.07, 6.45) is 1.31. The first-order valence-electron chi connectivity index (χ1n) is 9.30. The van der Waals surface area contributed by atoms with Gasteiger partial charge in [-0.2, -0.15) is 0 Å². The van der Waals surface area contributed by atoms with Crippen molar-refractivity contribution >= 4 is 16.6 Å². The van der Waals surface area contributed by atoms with Crippen molar-refractivity contribution in [2.24, 2.45) is 0 Å². The molecule has 0 aromatic heterocycles. The van der Waals surface area contributed by atoms with Gasteiger partial charge >= 0.3 is 0 Å². The summed E-state index contributed by atoms with van der Waals surface area (Å²) in [4.78, 5) is 2.33. The Labute approximate surface area is 142 Å². The molecule has 134 valence electrons. The van der Waals surface area contributed by atoms with Crippen LogP contribution in [0.4, 0.5) is 0 Å². The number of rotatable bonds is 13. The van der Waals surface area contributed by atoms with Crippen LogP contribution in [0.1, 0.15) is 34.1 Å². The van der Waals surface area contributed by atoms with Crippen molar-refractivity contribution < 1.29 is 4.43 Å². The average Bonchev–Trinajstić information content (AvgIpc) is 2.45. The van der Waals surface area contributed by atoms with E-state index in [1.54, 1.807) is 0 Å². The van der Waals surface area contributed by atoms with Gasteiger partial charge in [-0.3, -0.25) is 0 Å². The quantitative estimate of drug-likeness (QED) is 0.457. The zero-order chi connectivity index (χ0) is 17.2. The van der Waals surface area contributed by atoms with Gasteiger partial charge in [0.15, 0.2) is 8.32 Å². The van der Waals surface area contributed by atoms with Crippen molar-refractivity contribution in [3.8, 4) is 0 Å². The molecule has 0 atom stereocenters. The maximum Gasteiger partial charge on any atom is 0.186 e. The van der Waals surface area contributed by atoms with Crippen LogP contribution >= 0.6 is 0 Å². The largest absolute Gasteiger partial charge is 0.418 e. The number of hydrogen-bond acceptors (Lipinski definition) is 3. The third-order valence-electron chi connectivity index (χ3n) is 5.20. The lowest BCUT2D eigenvalue weighted by molar-refractivity contribution is 0.314. The summed E-state index contributed by atoms with van der Waals surface area (Å²) in [5.41, 5.74) is 0. The third-order valence-corrected chi connectivity index (χ3v) is 13.6. The van der Waals surface area contributed by atoms with Crippen molar-refractivity contribution in [3.63, 3.8) is 0 Å². The summed E-state index contributed by atoms with van der Waals surface area (Å²) in [7, 11) is 1.71. The molecule has 5 heteroatoms. The van der Waals surface area contributed by atoms with Crippen molar-refractivity contribution in [2.75, 3.05) is 40.3 Å². The molecule has 0 saturated heterocycles. The smallest absolute Gasteiger partial charge is 0.186 e. The zero-order valence-electron chi connectivity index (χ0n) is 16.7. The molecule has 0 aliphatic rings. The minimum atomic E-state index is -1.43. The molecular weight excluding hydrogens is 304 g/mol. The number of nitrogens with zero attached hydrogens (tertiary/aromatic N) is 2. The van der Waals surface area contributed by atoms with Crippen molar-refractivity contribution in [2.45, 2.75) is 71.4 Å². The predicted molar refractivity (Wildman–Crippen MR) is 106 cm³/mol. The molecule has 0 saturated carbocycles. The SMILES string of the molecule is CCO[Si](C)(C)CCCN(CCN(C)C)[Si](CC)(CC)CC. The van der Waals surface area contributed by atoms with Crippen LogP contribution in [0, 0.1) is 0 Å². The van der Waals surface area contributed by atoms with Gasteiger partial charge in [-0.05, 0) is 71.3 Å². The van der Waals surface area contributed by atoms with Crippen molar-refractivity contribution in [1.29, 1.82) is 0 Å². The van der Waals surface area contributed by atoms with E-state index in [9.17, 15) is 0 Å². The number of hydrogen-bond donors (Lipinski definition) is 0. The molecule has 0 rings (SSSR count). The lowest BCUT2D eigenvalue weighted by Crippen LogP contribution is -2.54. The maximum atomic E-state index is 6.00. The van der Waals surface area contributed by atoms with Gasteiger partial charge in [0.2, 0.25) is 0 Å². The third kappa shape index (κ3) is 7.73. The fourth-order valence-electron chi connectivity index (χ4n) is 3.49. The first-order chi connectivity index (χ1) is 10.3. The molecule has 0 spiro atoms. The first-order valence-corrected chi connectivity index (χ1v) is 15.0. The molecule has 0 unspecified atom stereocenters. The van der Waals surface area contributed by atoms with Gasteiger partial charge in [-0.15, -0.1) is 0 Å². The van der Waals surface area contributed by atoms with Crippen LogP contribution in [0.5, 0.6) is 0 Å². The second-order valence-corrected chi connectivity index (χ2v) is 16.9. The summed E-state index contributed by atoms with van der Waals surface area (Å²) in [6, 6.07) is 5.46. The molecule has 0 heterocycles. The van der Waals surface area contributed by atoms with Gasteiger partial charge in [-0.25, -0.2) is 0 Å². The second-order valence-electron chi connectivity index (χ2n) is 7.37. The Kier molecular flexibility index (Phi) is 11.1. The van der Waals surface area contributed by atoms with Gasteiger partial charge in [0, 0.05) is 19.7 Å². The molecule has 0 aromatic carbocycles. The molecule has 3 nitrogen and oxygen atoms in total.